The number of carbonyl (C=O) groups is 2. The van der Waals surface area contributed by atoms with Gasteiger partial charge in [0.05, 0.1) is 12.7 Å². The number of carbonyl (C=O) groups excluding carboxylic acids is 2. The standard InChI is InChI=1S/C14H24N2O3/c1-6-14(7-2,10-15)13(18)16(11(4)5)9-12(17)19-8-3/h11H,6-9H2,1-5H3. The van der Waals surface area contributed by atoms with Gasteiger partial charge in [-0.2, -0.15) is 5.26 Å². The van der Waals surface area contributed by atoms with Crippen molar-refractivity contribution in [3.8, 4) is 6.07 Å². The van der Waals surface area contributed by atoms with Crippen molar-refractivity contribution < 1.29 is 14.3 Å². The van der Waals surface area contributed by atoms with Crippen molar-refractivity contribution in [3.05, 3.63) is 0 Å². The van der Waals surface area contributed by atoms with Gasteiger partial charge in [-0.3, -0.25) is 9.59 Å². The van der Waals surface area contributed by atoms with Crippen LogP contribution >= 0.6 is 0 Å². The van der Waals surface area contributed by atoms with E-state index in [1.165, 1.54) is 4.90 Å². The molecular formula is C14H24N2O3. The predicted octanol–water partition coefficient (Wildman–Crippen LogP) is 2.12. The Morgan fingerprint density at radius 3 is 2.11 bits per heavy atom. The van der Waals surface area contributed by atoms with E-state index in [1.54, 1.807) is 6.92 Å². The van der Waals surface area contributed by atoms with Gasteiger partial charge in [-0.1, -0.05) is 13.8 Å². The van der Waals surface area contributed by atoms with Crippen molar-refractivity contribution in [1.29, 1.82) is 5.26 Å². The van der Waals surface area contributed by atoms with Gasteiger partial charge in [0.2, 0.25) is 5.91 Å². The molecule has 0 aromatic carbocycles. The van der Waals surface area contributed by atoms with Crippen molar-refractivity contribution >= 4 is 11.9 Å². The van der Waals surface area contributed by atoms with Crippen LogP contribution in [0.4, 0.5) is 0 Å². The lowest BCUT2D eigenvalue weighted by atomic mass is 9.82. The zero-order valence-corrected chi connectivity index (χ0v) is 12.5. The number of amides is 1. The fourth-order valence-corrected chi connectivity index (χ4v) is 1.87. The fourth-order valence-electron chi connectivity index (χ4n) is 1.87. The van der Waals surface area contributed by atoms with Crippen LogP contribution in [0.2, 0.25) is 0 Å². The maximum atomic E-state index is 12.5. The molecule has 0 heterocycles. The van der Waals surface area contributed by atoms with Crippen LogP contribution in [0, 0.1) is 16.7 Å². The highest BCUT2D eigenvalue weighted by Crippen LogP contribution is 2.28. The van der Waals surface area contributed by atoms with Crippen molar-refractivity contribution in [2.45, 2.75) is 53.5 Å². The first-order chi connectivity index (χ1) is 8.88. The van der Waals surface area contributed by atoms with Gasteiger partial charge < -0.3 is 9.64 Å². The number of ether oxygens (including phenoxy) is 1. The third-order valence-corrected chi connectivity index (χ3v) is 3.32. The molecule has 108 valence electrons. The highest BCUT2D eigenvalue weighted by molar-refractivity contribution is 5.88. The molecule has 0 bridgehead atoms. The summed E-state index contributed by atoms with van der Waals surface area (Å²) in [5, 5.41) is 9.30. The quantitative estimate of drug-likeness (QED) is 0.663. The van der Waals surface area contributed by atoms with E-state index in [0.717, 1.165) is 0 Å². The van der Waals surface area contributed by atoms with Gasteiger partial charge >= 0.3 is 5.97 Å². The normalized spacial score (nSPS) is 11.0. The van der Waals surface area contributed by atoms with Crippen LogP contribution < -0.4 is 0 Å². The number of rotatable bonds is 7. The second kappa shape index (κ2) is 7.78. The van der Waals surface area contributed by atoms with Gasteiger partial charge in [-0.05, 0) is 33.6 Å². The molecule has 5 heteroatoms. The van der Waals surface area contributed by atoms with Crippen molar-refractivity contribution in [1.82, 2.24) is 4.90 Å². The van der Waals surface area contributed by atoms with Crippen molar-refractivity contribution in [2.24, 2.45) is 5.41 Å². The monoisotopic (exact) mass is 268 g/mol. The summed E-state index contributed by atoms with van der Waals surface area (Å²) in [4.78, 5) is 25.5. The van der Waals surface area contributed by atoms with Gasteiger partial charge in [0.15, 0.2) is 0 Å². The van der Waals surface area contributed by atoms with Crippen molar-refractivity contribution in [3.63, 3.8) is 0 Å². The Bertz CT molecular complexity index is 354. The van der Waals surface area contributed by atoms with Crippen molar-refractivity contribution in [2.75, 3.05) is 13.2 Å². The van der Waals surface area contributed by atoms with Gasteiger partial charge in [0.1, 0.15) is 12.0 Å². The summed E-state index contributed by atoms with van der Waals surface area (Å²) in [5.74, 6) is -0.730. The van der Waals surface area contributed by atoms with E-state index in [4.69, 9.17) is 4.74 Å². The minimum atomic E-state index is -1.04. The van der Waals surface area contributed by atoms with Crippen LogP contribution in [0.5, 0.6) is 0 Å². The first kappa shape index (κ1) is 17.4. The highest BCUT2D eigenvalue weighted by atomic mass is 16.5. The molecule has 0 radical (unpaired) electrons. The largest absolute Gasteiger partial charge is 0.465 e. The molecule has 1 amide bonds. The zero-order valence-electron chi connectivity index (χ0n) is 12.5. The summed E-state index contributed by atoms with van der Waals surface area (Å²) in [5.41, 5.74) is -1.04. The molecule has 0 atom stereocenters. The van der Waals surface area contributed by atoms with E-state index in [-0.39, 0.29) is 25.1 Å². The Morgan fingerprint density at radius 2 is 1.79 bits per heavy atom. The molecule has 0 aromatic heterocycles. The highest BCUT2D eigenvalue weighted by Gasteiger charge is 2.40. The Labute approximate surface area is 115 Å². The van der Waals surface area contributed by atoms with E-state index >= 15 is 0 Å². The lowest BCUT2D eigenvalue weighted by Crippen LogP contribution is -2.48. The van der Waals surface area contributed by atoms with Gasteiger partial charge in [0, 0.05) is 6.04 Å². The molecular weight excluding hydrogens is 244 g/mol. The van der Waals surface area contributed by atoms with Gasteiger partial charge in [-0.15, -0.1) is 0 Å². The second-order valence-electron chi connectivity index (χ2n) is 4.73. The number of nitrogens with zero attached hydrogens (tertiary/aromatic N) is 2. The molecule has 5 nitrogen and oxygen atoms in total. The predicted molar refractivity (Wildman–Crippen MR) is 72.1 cm³/mol. The average molecular weight is 268 g/mol. The molecule has 0 aliphatic heterocycles. The lowest BCUT2D eigenvalue weighted by Gasteiger charge is -2.33. The molecule has 0 unspecified atom stereocenters. The van der Waals surface area contributed by atoms with E-state index in [9.17, 15) is 14.9 Å². The first-order valence-corrected chi connectivity index (χ1v) is 6.76. The maximum absolute atomic E-state index is 12.5. The van der Waals surface area contributed by atoms with E-state index in [2.05, 4.69) is 6.07 Å². The average Bonchev–Trinajstić information content (AvgIpc) is 2.38. The van der Waals surface area contributed by atoms with E-state index < -0.39 is 11.4 Å². The summed E-state index contributed by atoms with van der Waals surface area (Å²) in [7, 11) is 0. The number of hydrogen-bond acceptors (Lipinski definition) is 4. The Morgan fingerprint density at radius 1 is 1.26 bits per heavy atom. The third-order valence-electron chi connectivity index (χ3n) is 3.32. The molecule has 0 rings (SSSR count). The summed E-state index contributed by atoms with van der Waals surface area (Å²) < 4.78 is 4.87. The topological polar surface area (TPSA) is 70.4 Å². The van der Waals surface area contributed by atoms with Crippen LogP contribution in [0.3, 0.4) is 0 Å². The zero-order chi connectivity index (χ0) is 15.1. The summed E-state index contributed by atoms with van der Waals surface area (Å²) in [6.07, 6.45) is 0.871. The summed E-state index contributed by atoms with van der Waals surface area (Å²) >= 11 is 0. The molecule has 0 aliphatic carbocycles. The molecule has 0 aromatic rings. The van der Waals surface area contributed by atoms with Crippen LogP contribution in [-0.2, 0) is 14.3 Å². The molecule has 0 saturated heterocycles. The summed E-state index contributed by atoms with van der Waals surface area (Å²) in [6.45, 7) is 9.17. The molecule has 0 saturated carbocycles. The van der Waals surface area contributed by atoms with E-state index in [0.29, 0.717) is 12.8 Å². The molecule has 0 fully saturated rings. The van der Waals surface area contributed by atoms with E-state index in [1.807, 2.05) is 27.7 Å². The molecule has 19 heavy (non-hydrogen) atoms. The molecule has 0 aliphatic rings. The minimum Gasteiger partial charge on any atom is -0.465 e. The number of esters is 1. The third kappa shape index (κ3) is 4.23. The Hall–Kier alpha value is -1.57. The smallest absolute Gasteiger partial charge is 0.325 e. The Balaban J connectivity index is 5.14. The molecule has 0 spiro atoms. The first-order valence-electron chi connectivity index (χ1n) is 6.76. The van der Waals surface area contributed by atoms with Gasteiger partial charge in [0.25, 0.3) is 0 Å². The number of nitriles is 1. The summed E-state index contributed by atoms with van der Waals surface area (Å²) in [6, 6.07) is 1.96. The lowest BCUT2D eigenvalue weighted by molar-refractivity contribution is -0.153. The molecule has 0 N–H and O–H groups in total. The SMILES string of the molecule is CCOC(=O)CN(C(=O)C(C#N)(CC)CC)C(C)C. The minimum absolute atomic E-state index is 0.103. The Kier molecular flexibility index (Phi) is 7.13. The van der Waals surface area contributed by atoms with Crippen LogP contribution in [0.15, 0.2) is 0 Å². The van der Waals surface area contributed by atoms with Gasteiger partial charge in [-0.25, -0.2) is 0 Å². The van der Waals surface area contributed by atoms with Crippen LogP contribution in [0.25, 0.3) is 0 Å². The fraction of sp³-hybridized carbons (Fsp3) is 0.786. The van der Waals surface area contributed by atoms with Crippen LogP contribution in [0.1, 0.15) is 47.5 Å². The second-order valence-corrected chi connectivity index (χ2v) is 4.73. The van der Waals surface area contributed by atoms with Crippen LogP contribution in [-0.4, -0.2) is 36.0 Å². The number of hydrogen-bond donors (Lipinski definition) is 0. The maximum Gasteiger partial charge on any atom is 0.325 e.